The smallest absolute Gasteiger partial charge is 0.410 e. The quantitative estimate of drug-likeness (QED) is 0.699. The maximum atomic E-state index is 12.5. The first-order chi connectivity index (χ1) is 12.0. The van der Waals surface area contributed by atoms with E-state index in [2.05, 4.69) is 20.9 Å². The molecule has 1 aromatic rings. The lowest BCUT2D eigenvalue weighted by Crippen LogP contribution is -2.52. The number of carbonyl (C=O) groups excluding carboxylic acids is 3. The van der Waals surface area contributed by atoms with Gasteiger partial charge in [0.2, 0.25) is 0 Å². The van der Waals surface area contributed by atoms with Crippen molar-refractivity contribution in [3.05, 3.63) is 28.5 Å². The fraction of sp³-hybridized carbons (Fsp3) is 0.500. The lowest BCUT2D eigenvalue weighted by atomic mass is 10.0. The number of piperidine rings is 1. The summed E-state index contributed by atoms with van der Waals surface area (Å²) in [5.74, 6) is -0.578. The monoisotopic (exact) mass is 411 g/mol. The summed E-state index contributed by atoms with van der Waals surface area (Å²) in [4.78, 5) is 43.6. The largest absolute Gasteiger partial charge is 0.467 e. The lowest BCUT2D eigenvalue weighted by molar-refractivity contribution is -0.145. The summed E-state index contributed by atoms with van der Waals surface area (Å²) in [6, 6.07) is 0.870. The minimum absolute atomic E-state index is 0.00830. The second kappa shape index (κ2) is 7.38. The Bertz CT molecular complexity index is 690. The van der Waals surface area contributed by atoms with Crippen LogP contribution in [0.15, 0.2) is 22.9 Å². The Morgan fingerprint density at radius 2 is 2.04 bits per heavy atom. The number of pyridine rings is 1. The zero-order chi connectivity index (χ0) is 18.0. The summed E-state index contributed by atoms with van der Waals surface area (Å²) in [7, 11) is 1.29. The van der Waals surface area contributed by atoms with E-state index in [1.807, 2.05) is 0 Å². The van der Waals surface area contributed by atoms with Gasteiger partial charge in [0.1, 0.15) is 6.61 Å². The van der Waals surface area contributed by atoms with E-state index in [-0.39, 0.29) is 18.6 Å². The van der Waals surface area contributed by atoms with Crippen LogP contribution in [0.2, 0.25) is 0 Å². The van der Waals surface area contributed by atoms with Crippen molar-refractivity contribution in [2.45, 2.75) is 24.9 Å². The first-order valence-corrected chi connectivity index (χ1v) is 8.73. The average molecular weight is 412 g/mol. The van der Waals surface area contributed by atoms with Gasteiger partial charge in [0.25, 0.3) is 5.91 Å². The zero-order valence-corrected chi connectivity index (χ0v) is 15.3. The Hall–Kier alpha value is -2.16. The van der Waals surface area contributed by atoms with Gasteiger partial charge >= 0.3 is 12.1 Å². The number of rotatable bonds is 3. The number of halogens is 1. The second-order valence-electron chi connectivity index (χ2n) is 5.94. The van der Waals surface area contributed by atoms with Gasteiger partial charge in [-0.3, -0.25) is 14.7 Å². The molecule has 0 bridgehead atoms. The van der Waals surface area contributed by atoms with Crippen LogP contribution >= 0.6 is 15.9 Å². The van der Waals surface area contributed by atoms with Crippen LogP contribution in [0.3, 0.4) is 0 Å². The minimum Gasteiger partial charge on any atom is -0.467 e. The van der Waals surface area contributed by atoms with Gasteiger partial charge in [-0.15, -0.1) is 0 Å². The maximum Gasteiger partial charge on any atom is 0.410 e. The molecule has 1 atom stereocenters. The summed E-state index contributed by atoms with van der Waals surface area (Å²) in [6.45, 7) is 0.996. The van der Waals surface area contributed by atoms with E-state index >= 15 is 0 Å². The Morgan fingerprint density at radius 3 is 2.68 bits per heavy atom. The predicted octanol–water partition coefficient (Wildman–Crippen LogP) is 1.44. The molecule has 0 N–H and O–H groups in total. The van der Waals surface area contributed by atoms with Crippen LogP contribution in [0, 0.1) is 0 Å². The molecule has 2 fully saturated rings. The van der Waals surface area contributed by atoms with Gasteiger partial charge in [-0.1, -0.05) is 0 Å². The number of aromatic nitrogens is 1. The molecule has 1 aromatic heterocycles. The van der Waals surface area contributed by atoms with E-state index in [0.717, 1.165) is 4.47 Å². The first kappa shape index (κ1) is 17.7. The van der Waals surface area contributed by atoms with Crippen LogP contribution < -0.4 is 0 Å². The zero-order valence-electron chi connectivity index (χ0n) is 13.7. The number of amides is 2. The van der Waals surface area contributed by atoms with Crippen LogP contribution in [-0.4, -0.2) is 71.6 Å². The number of hydrogen-bond donors (Lipinski definition) is 0. The van der Waals surface area contributed by atoms with Crippen molar-refractivity contribution in [3.8, 4) is 0 Å². The van der Waals surface area contributed by atoms with E-state index in [9.17, 15) is 14.4 Å². The van der Waals surface area contributed by atoms with Gasteiger partial charge in [0.15, 0.2) is 6.04 Å². The predicted molar refractivity (Wildman–Crippen MR) is 89.9 cm³/mol. The molecule has 8 nitrogen and oxygen atoms in total. The number of methoxy groups -OCH3 is 1. The highest BCUT2D eigenvalue weighted by Crippen LogP contribution is 2.25. The van der Waals surface area contributed by atoms with Crippen LogP contribution in [0.4, 0.5) is 4.79 Å². The average Bonchev–Trinajstić information content (AvgIpc) is 3.02. The molecule has 0 aliphatic carbocycles. The van der Waals surface area contributed by atoms with Gasteiger partial charge in [0, 0.05) is 36.0 Å². The molecular formula is C16H18BrN3O5. The van der Waals surface area contributed by atoms with Crippen LogP contribution in [0.5, 0.6) is 0 Å². The molecule has 0 radical (unpaired) electrons. The number of ether oxygens (including phenoxy) is 2. The van der Waals surface area contributed by atoms with Gasteiger partial charge in [0.05, 0.1) is 12.7 Å². The number of hydrogen-bond acceptors (Lipinski definition) is 6. The molecular weight excluding hydrogens is 394 g/mol. The molecule has 0 saturated carbocycles. The molecule has 0 aromatic carbocycles. The third-order valence-corrected chi connectivity index (χ3v) is 4.92. The first-order valence-electron chi connectivity index (χ1n) is 7.94. The molecule has 2 aliphatic heterocycles. The highest BCUT2D eigenvalue weighted by Gasteiger charge is 2.44. The highest BCUT2D eigenvalue weighted by atomic mass is 79.9. The molecule has 2 saturated heterocycles. The molecule has 0 unspecified atom stereocenters. The van der Waals surface area contributed by atoms with E-state index in [4.69, 9.17) is 9.47 Å². The molecule has 9 heteroatoms. The van der Waals surface area contributed by atoms with Crippen molar-refractivity contribution >= 4 is 33.9 Å². The highest BCUT2D eigenvalue weighted by molar-refractivity contribution is 9.10. The summed E-state index contributed by atoms with van der Waals surface area (Å²) in [5.41, 5.74) is 0.515. The number of carbonyl (C=O) groups is 3. The maximum absolute atomic E-state index is 12.5. The van der Waals surface area contributed by atoms with E-state index < -0.39 is 18.1 Å². The van der Waals surface area contributed by atoms with Crippen molar-refractivity contribution in [2.75, 3.05) is 26.8 Å². The standard InChI is InChI=1S/C16H18BrN3O5/c1-24-15(22)13-9-25-16(23)20(13)12-2-4-19(5-3-12)14(21)10-6-11(17)8-18-7-10/h6-8,12-13H,2-5,9H2,1H3/t13-/m0/s1. The molecule has 3 rings (SSSR count). The lowest BCUT2D eigenvalue weighted by Gasteiger charge is -2.37. The summed E-state index contributed by atoms with van der Waals surface area (Å²) < 4.78 is 10.5. The van der Waals surface area contributed by atoms with E-state index in [0.29, 0.717) is 31.5 Å². The van der Waals surface area contributed by atoms with E-state index in [1.165, 1.54) is 18.2 Å². The SMILES string of the molecule is COC(=O)[C@@H]1COC(=O)N1C1CCN(C(=O)c2cncc(Br)c2)CC1. The van der Waals surface area contributed by atoms with Crippen molar-refractivity contribution in [2.24, 2.45) is 0 Å². The number of nitrogens with zero attached hydrogens (tertiary/aromatic N) is 3. The topological polar surface area (TPSA) is 89.0 Å². The van der Waals surface area contributed by atoms with Crippen molar-refractivity contribution in [1.29, 1.82) is 0 Å². The van der Waals surface area contributed by atoms with Gasteiger partial charge < -0.3 is 14.4 Å². The normalized spacial score (nSPS) is 21.2. The molecule has 134 valence electrons. The van der Waals surface area contributed by atoms with Crippen LogP contribution in [0.1, 0.15) is 23.2 Å². The van der Waals surface area contributed by atoms with Gasteiger partial charge in [-0.05, 0) is 34.8 Å². The third-order valence-electron chi connectivity index (χ3n) is 4.48. The Morgan fingerprint density at radius 1 is 1.32 bits per heavy atom. The van der Waals surface area contributed by atoms with E-state index in [1.54, 1.807) is 17.2 Å². The minimum atomic E-state index is -0.709. The molecule has 25 heavy (non-hydrogen) atoms. The Kier molecular flexibility index (Phi) is 5.22. The summed E-state index contributed by atoms with van der Waals surface area (Å²) in [5, 5.41) is 0. The summed E-state index contributed by atoms with van der Waals surface area (Å²) in [6.07, 6.45) is 3.81. The Balaban J connectivity index is 1.64. The van der Waals surface area contributed by atoms with Crippen molar-refractivity contribution < 1.29 is 23.9 Å². The molecule has 3 heterocycles. The molecule has 2 aliphatic rings. The third kappa shape index (κ3) is 3.60. The molecule has 0 spiro atoms. The molecule has 2 amide bonds. The van der Waals surface area contributed by atoms with Gasteiger partial charge in [-0.25, -0.2) is 9.59 Å². The van der Waals surface area contributed by atoms with Crippen LogP contribution in [-0.2, 0) is 14.3 Å². The number of cyclic esters (lactones) is 1. The van der Waals surface area contributed by atoms with Crippen LogP contribution in [0.25, 0.3) is 0 Å². The van der Waals surface area contributed by atoms with Crippen molar-refractivity contribution in [3.63, 3.8) is 0 Å². The fourth-order valence-corrected chi connectivity index (χ4v) is 3.58. The second-order valence-corrected chi connectivity index (χ2v) is 6.85. The van der Waals surface area contributed by atoms with Crippen molar-refractivity contribution in [1.82, 2.24) is 14.8 Å². The number of likely N-dealkylation sites (tertiary alicyclic amines) is 1. The Labute approximate surface area is 153 Å². The summed E-state index contributed by atoms with van der Waals surface area (Å²) >= 11 is 3.31. The number of esters is 1. The fourth-order valence-electron chi connectivity index (χ4n) is 3.21. The van der Waals surface area contributed by atoms with Gasteiger partial charge in [-0.2, -0.15) is 0 Å².